The van der Waals surface area contributed by atoms with E-state index >= 15 is 0 Å². The lowest BCUT2D eigenvalue weighted by atomic mass is 10.0. The molecule has 24 heavy (non-hydrogen) atoms. The van der Waals surface area contributed by atoms with Crippen molar-refractivity contribution in [3.05, 3.63) is 39.1 Å². The number of imidazole rings is 1. The van der Waals surface area contributed by atoms with Crippen LogP contribution in [0.1, 0.15) is 19.2 Å². The van der Waals surface area contributed by atoms with E-state index in [1.165, 1.54) is 17.8 Å². The van der Waals surface area contributed by atoms with Crippen LogP contribution < -0.4 is 11.2 Å². The maximum atomic E-state index is 11.9. The molecule has 0 aromatic carbocycles. The molecule has 0 aliphatic carbocycles. The number of nitrogens with zero attached hydrogens (tertiary/aromatic N) is 5. The lowest BCUT2D eigenvalue weighted by Gasteiger charge is -2.18. The van der Waals surface area contributed by atoms with Crippen LogP contribution in [0.2, 0.25) is 0 Å². The van der Waals surface area contributed by atoms with Crippen LogP contribution >= 0.6 is 0 Å². The van der Waals surface area contributed by atoms with Crippen molar-refractivity contribution >= 4 is 0 Å². The highest BCUT2D eigenvalue weighted by molar-refractivity contribution is 5.55. The summed E-state index contributed by atoms with van der Waals surface area (Å²) in [5.74, 6) is 1.99. The van der Waals surface area contributed by atoms with Crippen molar-refractivity contribution in [3.63, 3.8) is 0 Å². The van der Waals surface area contributed by atoms with Gasteiger partial charge in [-0.1, -0.05) is 12.1 Å². The number of nitrogens with one attached hydrogen (secondary N) is 1. The zero-order valence-corrected chi connectivity index (χ0v) is 13.3. The Labute approximate surface area is 136 Å². The summed E-state index contributed by atoms with van der Waals surface area (Å²) in [6.07, 6.45) is 5.31. The van der Waals surface area contributed by atoms with E-state index in [1.54, 1.807) is 0 Å². The van der Waals surface area contributed by atoms with Crippen LogP contribution in [0, 0.1) is 5.92 Å². The van der Waals surface area contributed by atoms with Gasteiger partial charge >= 0.3 is 5.69 Å². The van der Waals surface area contributed by atoms with E-state index in [-0.39, 0.29) is 17.3 Å². The minimum Gasteiger partial charge on any atom is -0.334 e. The topological polar surface area (TPSA) is 112 Å². The second-order valence-electron chi connectivity index (χ2n) is 6.17. The fourth-order valence-corrected chi connectivity index (χ4v) is 2.85. The molecule has 3 aromatic heterocycles. The van der Waals surface area contributed by atoms with Crippen LogP contribution in [0.4, 0.5) is 0 Å². The fourth-order valence-electron chi connectivity index (χ4n) is 2.85. The Morgan fingerprint density at radius 3 is 2.96 bits per heavy atom. The van der Waals surface area contributed by atoms with Gasteiger partial charge < -0.3 is 13.7 Å². The Balaban J connectivity index is 1.72. The second kappa shape index (κ2) is 5.29. The first-order chi connectivity index (χ1) is 11.5. The van der Waals surface area contributed by atoms with Gasteiger partial charge in [-0.25, -0.2) is 9.78 Å². The molecular weight excluding hydrogens is 312 g/mol. The van der Waals surface area contributed by atoms with Crippen LogP contribution in [0.25, 0.3) is 23.0 Å². The summed E-state index contributed by atoms with van der Waals surface area (Å²) in [6, 6.07) is 0. The number of aromatic amines is 1. The van der Waals surface area contributed by atoms with Gasteiger partial charge in [0, 0.05) is 32.4 Å². The summed E-state index contributed by atoms with van der Waals surface area (Å²) in [5.41, 5.74) is -0.282. The summed E-state index contributed by atoms with van der Waals surface area (Å²) in [5, 5.41) is 3.84. The number of aromatic nitrogens is 6. The third-order valence-electron chi connectivity index (χ3n) is 4.25. The molecule has 0 bridgehead atoms. The predicted octanol–water partition coefficient (Wildman–Crippen LogP) is 0.569. The molecule has 0 radical (unpaired) electrons. The van der Waals surface area contributed by atoms with Gasteiger partial charge in [0.2, 0.25) is 5.82 Å². The second-order valence-corrected chi connectivity index (χ2v) is 6.17. The lowest BCUT2D eigenvalue weighted by molar-refractivity contribution is 0.409. The van der Waals surface area contributed by atoms with Crippen molar-refractivity contribution in [2.45, 2.75) is 26.3 Å². The Morgan fingerprint density at radius 2 is 2.12 bits per heavy atom. The summed E-state index contributed by atoms with van der Waals surface area (Å²) in [7, 11) is 1.54. The zero-order valence-electron chi connectivity index (χ0n) is 13.3. The van der Waals surface area contributed by atoms with Crippen molar-refractivity contribution in [1.29, 1.82) is 0 Å². The molecule has 1 unspecified atom stereocenters. The van der Waals surface area contributed by atoms with Crippen molar-refractivity contribution < 1.29 is 4.52 Å². The minimum atomic E-state index is -0.552. The number of fused-ring (bicyclic) bond motifs is 1. The predicted molar refractivity (Wildman–Crippen MR) is 84.3 cm³/mol. The molecule has 9 nitrogen and oxygen atoms in total. The summed E-state index contributed by atoms with van der Waals surface area (Å²) in [6.45, 7) is 3.12. The highest BCUT2D eigenvalue weighted by Crippen LogP contribution is 2.25. The molecule has 0 amide bonds. The number of hydrogen-bond donors (Lipinski definition) is 1. The smallest absolute Gasteiger partial charge is 0.328 e. The molecule has 1 N–H and O–H groups in total. The third-order valence-corrected chi connectivity index (χ3v) is 4.25. The third kappa shape index (κ3) is 2.38. The summed E-state index contributed by atoms with van der Waals surface area (Å²) < 4.78 is 8.61. The van der Waals surface area contributed by atoms with Gasteiger partial charge in [-0.15, -0.1) is 0 Å². The van der Waals surface area contributed by atoms with Gasteiger partial charge in [0.1, 0.15) is 17.1 Å². The van der Waals surface area contributed by atoms with E-state index in [0.717, 1.165) is 25.2 Å². The molecule has 3 aromatic rings. The minimum absolute atomic E-state index is 0.126. The van der Waals surface area contributed by atoms with Gasteiger partial charge in [-0.2, -0.15) is 4.98 Å². The normalized spacial score (nSPS) is 17.0. The van der Waals surface area contributed by atoms with Crippen molar-refractivity contribution in [2.75, 3.05) is 0 Å². The maximum absolute atomic E-state index is 11.9. The van der Waals surface area contributed by atoms with E-state index in [2.05, 4.69) is 31.6 Å². The van der Waals surface area contributed by atoms with Crippen LogP contribution in [-0.2, 0) is 20.0 Å². The zero-order chi connectivity index (χ0) is 16.8. The lowest BCUT2D eigenvalue weighted by Crippen LogP contribution is -2.28. The SMILES string of the molecule is CC1CCn2cc(-c3nc(-c4cn(C)c(=O)[nH]c4=O)no3)nc2C1. The van der Waals surface area contributed by atoms with Gasteiger partial charge in [-0.05, 0) is 12.3 Å². The van der Waals surface area contributed by atoms with E-state index in [1.807, 2.05) is 6.20 Å². The summed E-state index contributed by atoms with van der Waals surface area (Å²) >= 11 is 0. The molecule has 0 fully saturated rings. The average Bonchev–Trinajstić information content (AvgIpc) is 3.16. The van der Waals surface area contributed by atoms with Crippen LogP contribution in [-0.4, -0.2) is 29.2 Å². The standard InChI is InChI=1S/C15H16N6O3/c1-8-3-4-21-7-10(16-11(21)5-8)14-17-12(19-24-14)9-6-20(2)15(23)18-13(9)22/h6-8H,3-5H2,1-2H3,(H,18,22,23). The van der Waals surface area contributed by atoms with E-state index in [9.17, 15) is 9.59 Å². The maximum Gasteiger partial charge on any atom is 0.328 e. The van der Waals surface area contributed by atoms with Crippen molar-refractivity contribution in [2.24, 2.45) is 13.0 Å². The van der Waals surface area contributed by atoms with E-state index in [4.69, 9.17) is 4.52 Å². The number of rotatable bonds is 2. The Kier molecular flexibility index (Phi) is 3.22. The largest absolute Gasteiger partial charge is 0.334 e. The molecule has 124 valence electrons. The highest BCUT2D eigenvalue weighted by Gasteiger charge is 2.21. The number of H-pyrrole nitrogens is 1. The molecule has 0 spiro atoms. The first-order valence-electron chi connectivity index (χ1n) is 7.71. The van der Waals surface area contributed by atoms with E-state index < -0.39 is 11.2 Å². The van der Waals surface area contributed by atoms with Crippen LogP contribution in [0.3, 0.4) is 0 Å². The first kappa shape index (κ1) is 14.6. The Hall–Kier alpha value is -2.97. The van der Waals surface area contributed by atoms with Gasteiger partial charge in [0.15, 0.2) is 0 Å². The molecule has 0 saturated carbocycles. The molecule has 1 aliphatic rings. The molecule has 0 saturated heterocycles. The monoisotopic (exact) mass is 328 g/mol. The average molecular weight is 328 g/mol. The van der Waals surface area contributed by atoms with Crippen LogP contribution in [0.5, 0.6) is 0 Å². The van der Waals surface area contributed by atoms with Crippen molar-refractivity contribution in [3.8, 4) is 23.0 Å². The van der Waals surface area contributed by atoms with Crippen LogP contribution in [0.15, 0.2) is 26.5 Å². The first-order valence-corrected chi connectivity index (χ1v) is 7.71. The van der Waals surface area contributed by atoms with Crippen molar-refractivity contribution in [1.82, 2.24) is 29.2 Å². The Bertz CT molecular complexity index is 1020. The molecule has 1 aliphatic heterocycles. The van der Waals surface area contributed by atoms with E-state index in [0.29, 0.717) is 11.6 Å². The molecule has 9 heteroatoms. The number of aryl methyl sites for hydroxylation is 2. The quantitative estimate of drug-likeness (QED) is 0.736. The van der Waals surface area contributed by atoms with Gasteiger partial charge in [0.05, 0.1) is 0 Å². The van der Waals surface area contributed by atoms with Gasteiger partial charge in [-0.3, -0.25) is 9.78 Å². The Morgan fingerprint density at radius 1 is 1.29 bits per heavy atom. The summed E-state index contributed by atoms with van der Waals surface area (Å²) in [4.78, 5) is 34.4. The number of hydrogen-bond acceptors (Lipinski definition) is 6. The van der Waals surface area contributed by atoms with Gasteiger partial charge in [0.25, 0.3) is 11.4 Å². The highest BCUT2D eigenvalue weighted by atomic mass is 16.5. The fraction of sp³-hybridized carbons (Fsp3) is 0.400. The molecule has 4 heterocycles. The molecule has 4 rings (SSSR count). The molecule has 1 atom stereocenters. The molecular formula is C15H16N6O3.